The van der Waals surface area contributed by atoms with Crippen LogP contribution in [0.5, 0.6) is 0 Å². The van der Waals surface area contributed by atoms with Gasteiger partial charge < -0.3 is 15.4 Å². The molecule has 2 aromatic carbocycles. The Morgan fingerprint density at radius 2 is 1.85 bits per heavy atom. The molecule has 10 nitrogen and oxygen atoms in total. The van der Waals surface area contributed by atoms with E-state index < -0.39 is 20.0 Å². The molecule has 1 saturated heterocycles. The molecule has 2 N–H and O–H groups in total. The molecule has 11 heteroatoms. The molecule has 4 amide bonds. The molecule has 248 valence electrons. The summed E-state index contributed by atoms with van der Waals surface area (Å²) in [4.78, 5) is 53.5. The van der Waals surface area contributed by atoms with Gasteiger partial charge in [-0.15, -0.1) is 0 Å². The summed E-state index contributed by atoms with van der Waals surface area (Å²) in [7, 11) is -1.29. The highest BCUT2D eigenvalue weighted by Gasteiger charge is 2.43. The van der Waals surface area contributed by atoms with E-state index in [1.165, 1.54) is 4.90 Å². The van der Waals surface area contributed by atoms with Crippen molar-refractivity contribution in [2.75, 3.05) is 13.3 Å². The summed E-state index contributed by atoms with van der Waals surface area (Å²) in [6.45, 7) is 8.33. The number of benzene rings is 2. The van der Waals surface area contributed by atoms with Gasteiger partial charge in [0.1, 0.15) is 12.8 Å². The first-order valence-electron chi connectivity index (χ1n) is 16.6. The van der Waals surface area contributed by atoms with Crippen molar-refractivity contribution in [2.24, 2.45) is 5.73 Å². The van der Waals surface area contributed by atoms with E-state index in [0.717, 1.165) is 73.1 Å². The van der Waals surface area contributed by atoms with Gasteiger partial charge in [-0.3, -0.25) is 28.8 Å². The fourth-order valence-corrected chi connectivity index (χ4v) is 6.84. The molecule has 3 aromatic rings. The minimum atomic E-state index is -1.29. The minimum Gasteiger partial charge on any atom is -0.366 e. The molecular formula is C36H45N5O5Si. The van der Waals surface area contributed by atoms with E-state index in [1.807, 2.05) is 22.9 Å². The fourth-order valence-electron chi connectivity index (χ4n) is 6.09. The lowest BCUT2D eigenvalue weighted by molar-refractivity contribution is -0.158. The highest BCUT2D eigenvalue weighted by atomic mass is 28.3. The molecule has 0 saturated carbocycles. The summed E-state index contributed by atoms with van der Waals surface area (Å²) in [5, 5.41) is 5.38. The van der Waals surface area contributed by atoms with Crippen molar-refractivity contribution < 1.29 is 23.9 Å². The smallest absolute Gasteiger partial charge is 0.255 e. The van der Waals surface area contributed by atoms with Crippen LogP contribution < -0.4 is 5.73 Å². The maximum Gasteiger partial charge on any atom is 0.255 e. The Morgan fingerprint density at radius 1 is 1.06 bits per heavy atom. The standard InChI is InChI=1S/C36H45N5O5Si/c1-47(2,3)21-20-46-25-40-33(42)18-17-32(36(40)45)39-24-30-26(13-11-14-29(30)35(39)44)12-9-7-5-4-6-8-10-19-41-31-16-15-27(34(37)43)22-28(31)23-38-41/h11,13-16,22-23,32H,4-8,10,17-21,24-25H2,1-3H3,(H2,37,43). The van der Waals surface area contributed by atoms with Crippen LogP contribution in [0.1, 0.15) is 83.2 Å². The average molecular weight is 656 g/mol. The van der Waals surface area contributed by atoms with Crippen LogP contribution in [-0.4, -0.2) is 70.7 Å². The highest BCUT2D eigenvalue weighted by molar-refractivity contribution is 6.76. The monoisotopic (exact) mass is 655 g/mol. The van der Waals surface area contributed by atoms with Crippen LogP contribution in [0.4, 0.5) is 0 Å². The zero-order valence-electron chi connectivity index (χ0n) is 27.7. The van der Waals surface area contributed by atoms with E-state index in [0.29, 0.717) is 30.7 Å². The predicted molar refractivity (Wildman–Crippen MR) is 183 cm³/mol. The molecule has 2 aliphatic heterocycles. The second-order valence-electron chi connectivity index (χ2n) is 13.7. The predicted octanol–water partition coefficient (Wildman–Crippen LogP) is 5.31. The third-order valence-electron chi connectivity index (χ3n) is 8.89. The number of nitrogens with two attached hydrogens (primary N) is 1. The van der Waals surface area contributed by atoms with E-state index in [2.05, 4.69) is 36.6 Å². The van der Waals surface area contributed by atoms with Gasteiger partial charge in [0.05, 0.1) is 11.7 Å². The van der Waals surface area contributed by atoms with Crippen LogP contribution in [0.15, 0.2) is 42.6 Å². The first-order valence-corrected chi connectivity index (χ1v) is 20.3. The summed E-state index contributed by atoms with van der Waals surface area (Å²) in [6.07, 6.45) is 8.35. The van der Waals surface area contributed by atoms with E-state index in [4.69, 9.17) is 10.5 Å². The van der Waals surface area contributed by atoms with Gasteiger partial charge in [-0.05, 0) is 61.2 Å². The molecule has 0 spiro atoms. The molecule has 1 fully saturated rings. The van der Waals surface area contributed by atoms with E-state index in [-0.39, 0.29) is 30.9 Å². The number of likely N-dealkylation sites (tertiary alicyclic amines) is 1. The first kappa shape index (κ1) is 34.1. The normalized spacial score (nSPS) is 16.5. The Kier molecular flexibility index (Phi) is 10.9. The van der Waals surface area contributed by atoms with Crippen molar-refractivity contribution >= 4 is 42.6 Å². The topological polar surface area (TPSA) is 128 Å². The lowest BCUT2D eigenvalue weighted by Gasteiger charge is -2.35. The van der Waals surface area contributed by atoms with Gasteiger partial charge in [-0.25, -0.2) is 0 Å². The zero-order chi connectivity index (χ0) is 33.6. The Hall–Kier alpha value is -4.27. The molecule has 0 aliphatic carbocycles. The number of hydrogen-bond donors (Lipinski definition) is 1. The lowest BCUT2D eigenvalue weighted by atomic mass is 10.0. The number of aryl methyl sites for hydroxylation is 1. The molecule has 0 radical (unpaired) electrons. The van der Waals surface area contributed by atoms with Gasteiger partial charge in [0.25, 0.3) is 11.8 Å². The van der Waals surface area contributed by atoms with Crippen molar-refractivity contribution in [3.63, 3.8) is 0 Å². The summed E-state index contributed by atoms with van der Waals surface area (Å²) >= 11 is 0. The van der Waals surface area contributed by atoms with Crippen LogP contribution in [-0.2, 0) is 27.4 Å². The Balaban J connectivity index is 1.07. The third-order valence-corrected chi connectivity index (χ3v) is 10.6. The first-order chi connectivity index (χ1) is 22.5. The maximum atomic E-state index is 13.4. The molecule has 3 heterocycles. The number of fused-ring (bicyclic) bond motifs is 2. The van der Waals surface area contributed by atoms with Crippen LogP contribution in [0.3, 0.4) is 0 Å². The number of nitrogens with zero attached hydrogens (tertiary/aromatic N) is 4. The number of unbranched alkanes of at least 4 members (excludes halogenated alkanes) is 5. The number of carbonyl (C=O) groups excluding carboxylic acids is 4. The molecule has 5 rings (SSSR count). The number of amides is 4. The number of carbonyl (C=O) groups is 4. The molecule has 0 bridgehead atoms. The number of primary amides is 1. The Bertz CT molecular complexity index is 1720. The molecule has 1 aromatic heterocycles. The van der Waals surface area contributed by atoms with Crippen molar-refractivity contribution in [1.82, 2.24) is 19.6 Å². The van der Waals surface area contributed by atoms with Crippen molar-refractivity contribution in [2.45, 2.75) is 96.2 Å². The van der Waals surface area contributed by atoms with Crippen molar-refractivity contribution in [1.29, 1.82) is 0 Å². The summed E-state index contributed by atoms with van der Waals surface area (Å²) in [5.41, 5.74) is 9.12. The van der Waals surface area contributed by atoms with Gasteiger partial charge in [-0.1, -0.05) is 56.8 Å². The van der Waals surface area contributed by atoms with Gasteiger partial charge >= 0.3 is 0 Å². The maximum absolute atomic E-state index is 13.4. The van der Waals surface area contributed by atoms with E-state index >= 15 is 0 Å². The number of imide groups is 1. The van der Waals surface area contributed by atoms with Gasteiger partial charge in [0.2, 0.25) is 11.8 Å². The molecule has 47 heavy (non-hydrogen) atoms. The largest absolute Gasteiger partial charge is 0.366 e. The summed E-state index contributed by atoms with van der Waals surface area (Å²) in [6, 6.07) is 11.2. The summed E-state index contributed by atoms with van der Waals surface area (Å²) < 4.78 is 7.69. The van der Waals surface area contributed by atoms with Gasteiger partial charge in [-0.2, -0.15) is 5.10 Å². The number of ether oxygens (including phenoxy) is 1. The zero-order valence-corrected chi connectivity index (χ0v) is 28.7. The van der Waals surface area contributed by atoms with Crippen molar-refractivity contribution in [3.8, 4) is 11.8 Å². The Morgan fingerprint density at radius 3 is 2.64 bits per heavy atom. The SMILES string of the molecule is C[Si](C)(C)CCOCN1C(=O)CCC(N2Cc3c(C#CCCCCCCCn4ncc5cc(C(N)=O)ccc54)cccc3C2=O)C1=O. The Labute approximate surface area is 277 Å². The van der Waals surface area contributed by atoms with Gasteiger partial charge in [0, 0.05) is 62.7 Å². The second-order valence-corrected chi connectivity index (χ2v) is 19.3. The lowest BCUT2D eigenvalue weighted by Crippen LogP contribution is -2.55. The average Bonchev–Trinajstić information content (AvgIpc) is 3.59. The van der Waals surface area contributed by atoms with E-state index in [1.54, 1.807) is 29.3 Å². The number of piperidine rings is 1. The molecule has 1 unspecified atom stereocenters. The minimum absolute atomic E-state index is 0.0632. The number of rotatable bonds is 14. The molecule has 1 atom stereocenters. The number of aromatic nitrogens is 2. The van der Waals surface area contributed by atoms with E-state index in [9.17, 15) is 19.2 Å². The third kappa shape index (κ3) is 8.37. The van der Waals surface area contributed by atoms with Crippen LogP contribution in [0, 0.1) is 11.8 Å². The number of hydrogen-bond acceptors (Lipinski definition) is 6. The quantitative estimate of drug-likeness (QED) is 0.109. The van der Waals surface area contributed by atoms with Gasteiger partial charge in [0.15, 0.2) is 0 Å². The molecular weight excluding hydrogens is 611 g/mol. The second kappa shape index (κ2) is 15.1. The fraction of sp³-hybridized carbons (Fsp3) is 0.472. The summed E-state index contributed by atoms with van der Waals surface area (Å²) in [5.74, 6) is 5.33. The van der Waals surface area contributed by atoms with Crippen LogP contribution >= 0.6 is 0 Å². The highest BCUT2D eigenvalue weighted by Crippen LogP contribution is 2.31. The van der Waals surface area contributed by atoms with Crippen LogP contribution in [0.2, 0.25) is 25.7 Å². The molecule has 2 aliphatic rings. The van der Waals surface area contributed by atoms with Crippen molar-refractivity contribution in [3.05, 3.63) is 64.8 Å². The van der Waals surface area contributed by atoms with Crippen LogP contribution in [0.25, 0.3) is 10.9 Å².